The lowest BCUT2D eigenvalue weighted by Gasteiger charge is -2.13. The molecule has 92 valence electrons. The van der Waals surface area contributed by atoms with Crippen LogP contribution in [0.3, 0.4) is 0 Å². The van der Waals surface area contributed by atoms with Crippen molar-refractivity contribution in [2.75, 3.05) is 0 Å². The van der Waals surface area contributed by atoms with Crippen molar-refractivity contribution in [2.45, 2.75) is 33.1 Å². The minimum Gasteiger partial charge on any atom is -0.481 e. The average Bonchev–Trinajstić information content (AvgIpc) is 2.63. The second-order valence-electron chi connectivity index (χ2n) is 4.63. The number of alkyl halides is 2. The average molecular weight is 236 g/mol. The highest BCUT2D eigenvalue weighted by Crippen LogP contribution is 2.71. The zero-order chi connectivity index (χ0) is 12.7. The molecule has 0 aromatic heterocycles. The SMILES string of the molecule is CC1(CCC(F)F)C(C(=O)O)C1(C)C(=O)O. The Morgan fingerprint density at radius 3 is 2.06 bits per heavy atom. The van der Waals surface area contributed by atoms with Crippen molar-refractivity contribution in [1.29, 1.82) is 0 Å². The Morgan fingerprint density at radius 2 is 1.81 bits per heavy atom. The zero-order valence-electron chi connectivity index (χ0n) is 9.04. The first-order chi connectivity index (χ1) is 7.18. The quantitative estimate of drug-likeness (QED) is 0.763. The molecule has 3 atom stereocenters. The van der Waals surface area contributed by atoms with Crippen molar-refractivity contribution in [3.63, 3.8) is 0 Å². The largest absolute Gasteiger partial charge is 0.481 e. The van der Waals surface area contributed by atoms with Crippen LogP contribution in [0.4, 0.5) is 8.78 Å². The summed E-state index contributed by atoms with van der Waals surface area (Å²) in [6.07, 6.45) is -3.10. The summed E-state index contributed by atoms with van der Waals surface area (Å²) in [6, 6.07) is 0. The molecule has 0 aromatic carbocycles. The summed E-state index contributed by atoms with van der Waals surface area (Å²) in [6.45, 7) is 2.75. The van der Waals surface area contributed by atoms with Crippen molar-refractivity contribution < 1.29 is 28.6 Å². The summed E-state index contributed by atoms with van der Waals surface area (Å²) in [4.78, 5) is 21.9. The predicted molar refractivity (Wildman–Crippen MR) is 50.2 cm³/mol. The number of carboxylic acids is 2. The van der Waals surface area contributed by atoms with Crippen molar-refractivity contribution in [3.8, 4) is 0 Å². The number of hydrogen-bond acceptors (Lipinski definition) is 2. The molecule has 1 aliphatic carbocycles. The molecular formula is C10H14F2O4. The highest BCUT2D eigenvalue weighted by Gasteiger charge is 2.78. The molecule has 1 fully saturated rings. The van der Waals surface area contributed by atoms with Crippen LogP contribution in [-0.4, -0.2) is 28.6 Å². The fourth-order valence-corrected chi connectivity index (χ4v) is 2.57. The summed E-state index contributed by atoms with van der Waals surface area (Å²) in [5.74, 6) is -3.56. The summed E-state index contributed by atoms with van der Waals surface area (Å²) in [5.41, 5.74) is -2.52. The van der Waals surface area contributed by atoms with E-state index in [-0.39, 0.29) is 6.42 Å². The molecule has 0 bridgehead atoms. The van der Waals surface area contributed by atoms with E-state index in [0.717, 1.165) is 0 Å². The minimum atomic E-state index is -2.54. The van der Waals surface area contributed by atoms with E-state index in [2.05, 4.69) is 0 Å². The number of aliphatic carboxylic acids is 2. The van der Waals surface area contributed by atoms with E-state index in [4.69, 9.17) is 10.2 Å². The molecule has 0 radical (unpaired) electrons. The molecule has 0 aromatic rings. The van der Waals surface area contributed by atoms with Gasteiger partial charge >= 0.3 is 11.9 Å². The smallest absolute Gasteiger partial charge is 0.310 e. The number of rotatable bonds is 5. The number of carbonyl (C=O) groups is 2. The molecule has 2 N–H and O–H groups in total. The maximum Gasteiger partial charge on any atom is 0.310 e. The molecule has 6 heteroatoms. The van der Waals surface area contributed by atoms with Crippen LogP contribution in [0.25, 0.3) is 0 Å². The van der Waals surface area contributed by atoms with E-state index in [0.29, 0.717) is 0 Å². The first-order valence-electron chi connectivity index (χ1n) is 4.92. The highest BCUT2D eigenvalue weighted by atomic mass is 19.3. The van der Waals surface area contributed by atoms with Crippen LogP contribution in [-0.2, 0) is 9.59 Å². The van der Waals surface area contributed by atoms with Gasteiger partial charge in [0.1, 0.15) is 0 Å². The Balaban J connectivity index is 2.87. The highest BCUT2D eigenvalue weighted by molar-refractivity contribution is 5.91. The van der Waals surface area contributed by atoms with E-state index in [1.54, 1.807) is 0 Å². The zero-order valence-corrected chi connectivity index (χ0v) is 9.04. The van der Waals surface area contributed by atoms with E-state index in [9.17, 15) is 18.4 Å². The van der Waals surface area contributed by atoms with Gasteiger partial charge < -0.3 is 10.2 Å². The van der Waals surface area contributed by atoms with Crippen LogP contribution < -0.4 is 0 Å². The van der Waals surface area contributed by atoms with Gasteiger partial charge in [0.25, 0.3) is 0 Å². The second kappa shape index (κ2) is 3.68. The minimum absolute atomic E-state index is 0.0928. The summed E-state index contributed by atoms with van der Waals surface area (Å²) in [7, 11) is 0. The molecule has 0 amide bonds. The molecule has 4 nitrogen and oxygen atoms in total. The van der Waals surface area contributed by atoms with Crippen molar-refractivity contribution >= 4 is 11.9 Å². The molecule has 0 saturated heterocycles. The van der Waals surface area contributed by atoms with Gasteiger partial charge in [-0.1, -0.05) is 6.92 Å². The normalized spacial score (nSPS) is 37.4. The molecule has 1 aliphatic rings. The van der Waals surface area contributed by atoms with Crippen LogP contribution in [0, 0.1) is 16.7 Å². The number of hydrogen-bond donors (Lipinski definition) is 2. The second-order valence-corrected chi connectivity index (χ2v) is 4.63. The Morgan fingerprint density at radius 1 is 1.31 bits per heavy atom. The van der Waals surface area contributed by atoms with Gasteiger partial charge in [-0.25, -0.2) is 8.78 Å². The third kappa shape index (κ3) is 1.56. The lowest BCUT2D eigenvalue weighted by Crippen LogP contribution is -2.19. The van der Waals surface area contributed by atoms with Gasteiger partial charge in [-0.15, -0.1) is 0 Å². The predicted octanol–water partition coefficient (Wildman–Crippen LogP) is 1.84. The van der Waals surface area contributed by atoms with E-state index in [1.807, 2.05) is 0 Å². The summed E-state index contributed by atoms with van der Waals surface area (Å²) >= 11 is 0. The Kier molecular flexibility index (Phi) is 2.96. The van der Waals surface area contributed by atoms with Gasteiger partial charge in [0.15, 0.2) is 0 Å². The molecule has 3 unspecified atom stereocenters. The van der Waals surface area contributed by atoms with Crippen LogP contribution in [0.15, 0.2) is 0 Å². The van der Waals surface area contributed by atoms with Gasteiger partial charge in [0, 0.05) is 6.42 Å². The van der Waals surface area contributed by atoms with E-state index < -0.39 is 41.5 Å². The fourth-order valence-electron chi connectivity index (χ4n) is 2.57. The van der Waals surface area contributed by atoms with E-state index >= 15 is 0 Å². The molecular weight excluding hydrogens is 222 g/mol. The third-order valence-corrected chi connectivity index (χ3v) is 3.89. The first-order valence-corrected chi connectivity index (χ1v) is 4.92. The molecule has 0 heterocycles. The summed E-state index contributed by atoms with van der Waals surface area (Å²) < 4.78 is 24.2. The van der Waals surface area contributed by atoms with Crippen molar-refractivity contribution in [1.82, 2.24) is 0 Å². The van der Waals surface area contributed by atoms with Crippen molar-refractivity contribution in [2.24, 2.45) is 16.7 Å². The lowest BCUT2D eigenvalue weighted by molar-refractivity contribution is -0.148. The maximum atomic E-state index is 12.1. The Labute approximate surface area is 91.3 Å². The third-order valence-electron chi connectivity index (χ3n) is 3.89. The Bertz CT molecular complexity index is 331. The van der Waals surface area contributed by atoms with Gasteiger partial charge in [0.2, 0.25) is 6.43 Å². The van der Waals surface area contributed by atoms with Crippen LogP contribution in [0.5, 0.6) is 0 Å². The Hall–Kier alpha value is -1.20. The fraction of sp³-hybridized carbons (Fsp3) is 0.800. The topological polar surface area (TPSA) is 74.6 Å². The summed E-state index contributed by atoms with van der Waals surface area (Å²) in [5, 5.41) is 17.9. The first kappa shape index (κ1) is 12.9. The molecule has 1 rings (SSSR count). The molecule has 0 aliphatic heterocycles. The molecule has 16 heavy (non-hydrogen) atoms. The van der Waals surface area contributed by atoms with Gasteiger partial charge in [0.05, 0.1) is 11.3 Å². The number of halogens is 2. The van der Waals surface area contributed by atoms with E-state index in [1.165, 1.54) is 13.8 Å². The molecule has 1 saturated carbocycles. The van der Waals surface area contributed by atoms with Crippen molar-refractivity contribution in [3.05, 3.63) is 0 Å². The van der Waals surface area contributed by atoms with Crippen LogP contribution in [0.1, 0.15) is 26.7 Å². The van der Waals surface area contributed by atoms with Gasteiger partial charge in [-0.2, -0.15) is 0 Å². The standard InChI is InChI=1S/C10H14F2O4/c1-9(4-3-5(11)12)6(7(13)14)10(9,2)8(15)16/h5-6H,3-4H2,1-2H3,(H,13,14)(H,15,16). The molecule has 0 spiro atoms. The monoisotopic (exact) mass is 236 g/mol. The van der Waals surface area contributed by atoms with Crippen LogP contribution in [0.2, 0.25) is 0 Å². The van der Waals surface area contributed by atoms with Gasteiger partial charge in [-0.05, 0) is 18.8 Å². The van der Waals surface area contributed by atoms with Crippen LogP contribution >= 0.6 is 0 Å². The lowest BCUT2D eigenvalue weighted by atomic mass is 9.91. The van der Waals surface area contributed by atoms with Gasteiger partial charge in [-0.3, -0.25) is 9.59 Å². The maximum absolute atomic E-state index is 12.1. The number of carboxylic acid groups (broad SMARTS) is 2.